The van der Waals surface area contributed by atoms with Crippen LogP contribution >= 0.6 is 0 Å². The lowest BCUT2D eigenvalue weighted by molar-refractivity contribution is 0.153. The molecule has 30 heavy (non-hydrogen) atoms. The van der Waals surface area contributed by atoms with E-state index < -0.39 is 0 Å². The van der Waals surface area contributed by atoms with Crippen LogP contribution in [0.3, 0.4) is 0 Å². The predicted octanol–water partition coefficient (Wildman–Crippen LogP) is 4.91. The molecule has 0 aliphatic rings. The third kappa shape index (κ3) is 7.34. The van der Waals surface area contributed by atoms with E-state index >= 15 is 0 Å². The molecule has 0 amide bonds. The van der Waals surface area contributed by atoms with Crippen LogP contribution in [0.15, 0.2) is 42.6 Å². The van der Waals surface area contributed by atoms with Gasteiger partial charge in [0.1, 0.15) is 11.6 Å². The van der Waals surface area contributed by atoms with Crippen LogP contribution in [0.5, 0.6) is 0 Å². The molecule has 4 N–H and O–H groups in total. The lowest BCUT2D eigenvalue weighted by Crippen LogP contribution is -2.24. The third-order valence-electron chi connectivity index (χ3n) is 5.09. The molecule has 2 atom stereocenters. The molecule has 0 spiro atoms. The number of hydrogen-bond acceptors (Lipinski definition) is 6. The highest BCUT2D eigenvalue weighted by Crippen LogP contribution is 2.24. The summed E-state index contributed by atoms with van der Waals surface area (Å²) in [4.78, 5) is 9.51. The van der Waals surface area contributed by atoms with Gasteiger partial charge < -0.3 is 21.1 Å². The van der Waals surface area contributed by atoms with Crippen molar-refractivity contribution in [3.63, 3.8) is 0 Å². The van der Waals surface area contributed by atoms with Crippen molar-refractivity contribution in [1.29, 1.82) is 0 Å². The average molecular weight is 412 g/mol. The molecule has 164 valence electrons. The van der Waals surface area contributed by atoms with Crippen LogP contribution in [0, 0.1) is 11.8 Å². The van der Waals surface area contributed by atoms with Gasteiger partial charge in [0.05, 0.1) is 0 Å². The number of nitrogens with two attached hydrogens (primary N) is 1. The van der Waals surface area contributed by atoms with Crippen LogP contribution < -0.4 is 16.4 Å². The minimum Gasteiger partial charge on any atom is -0.404 e. The molecule has 0 saturated carbocycles. The number of hydrogen-bond donors (Lipinski definition) is 3. The number of allylic oxidation sites excluding steroid dienone is 1. The van der Waals surface area contributed by atoms with Crippen LogP contribution in [0.1, 0.15) is 51.9 Å². The van der Waals surface area contributed by atoms with Gasteiger partial charge in [-0.2, -0.15) is 0 Å². The Morgan fingerprint density at radius 1 is 1.13 bits per heavy atom. The molecule has 1 aromatic heterocycles. The second-order valence-corrected chi connectivity index (χ2v) is 8.12. The number of rotatable bonds is 12. The topological polar surface area (TPSA) is 85.1 Å². The Morgan fingerprint density at radius 2 is 1.83 bits per heavy atom. The van der Waals surface area contributed by atoms with Gasteiger partial charge in [0, 0.05) is 44.1 Å². The van der Waals surface area contributed by atoms with Crippen LogP contribution in [-0.4, -0.2) is 29.7 Å². The Hall–Kier alpha value is -2.60. The van der Waals surface area contributed by atoms with E-state index in [-0.39, 0.29) is 5.92 Å². The van der Waals surface area contributed by atoms with Gasteiger partial charge in [-0.15, -0.1) is 0 Å². The number of aromatic nitrogens is 2. The van der Waals surface area contributed by atoms with E-state index in [2.05, 4.69) is 50.5 Å². The average Bonchev–Trinajstić information content (AvgIpc) is 2.73. The summed E-state index contributed by atoms with van der Waals surface area (Å²) >= 11 is 0. The summed E-state index contributed by atoms with van der Waals surface area (Å²) in [5.74, 6) is 2.96. The molecule has 2 rings (SSSR count). The first kappa shape index (κ1) is 23.7. The summed E-state index contributed by atoms with van der Waals surface area (Å²) in [7, 11) is 1.75. The lowest BCUT2D eigenvalue weighted by atomic mass is 10.0. The van der Waals surface area contributed by atoms with Crippen molar-refractivity contribution < 1.29 is 4.74 Å². The first-order valence-corrected chi connectivity index (χ1v) is 10.8. The lowest BCUT2D eigenvalue weighted by Gasteiger charge is -2.22. The van der Waals surface area contributed by atoms with Crippen LogP contribution in [-0.2, 0) is 11.3 Å². The van der Waals surface area contributed by atoms with Crippen molar-refractivity contribution in [2.75, 3.05) is 24.4 Å². The summed E-state index contributed by atoms with van der Waals surface area (Å²) in [5.41, 5.74) is 8.03. The first-order valence-electron chi connectivity index (χ1n) is 10.8. The van der Waals surface area contributed by atoms with E-state index in [1.54, 1.807) is 13.3 Å². The van der Waals surface area contributed by atoms with Crippen molar-refractivity contribution in [2.45, 2.75) is 53.1 Å². The summed E-state index contributed by atoms with van der Waals surface area (Å²) in [6.45, 7) is 10.0. The minimum atomic E-state index is 0.232. The number of methoxy groups -OCH3 is 1. The van der Waals surface area contributed by atoms with Gasteiger partial charge in [0.2, 0.25) is 0 Å². The number of nitrogens with zero attached hydrogens (tertiary/aromatic N) is 2. The molecule has 0 fully saturated rings. The second-order valence-electron chi connectivity index (χ2n) is 8.12. The SMILES string of the molecule is CC[C@@H](C[C@@H](C)COC)Nc1cc(NCc2ccccc2)nc(C(=CN)C(C)C)n1. The molecule has 0 saturated heterocycles. The summed E-state index contributed by atoms with van der Waals surface area (Å²) < 4.78 is 5.30. The number of benzene rings is 1. The van der Waals surface area contributed by atoms with Gasteiger partial charge in [-0.05, 0) is 30.2 Å². The summed E-state index contributed by atoms with van der Waals surface area (Å²) in [6, 6.07) is 12.6. The van der Waals surface area contributed by atoms with E-state index in [0.29, 0.717) is 24.3 Å². The normalized spacial score (nSPS) is 13.9. The van der Waals surface area contributed by atoms with E-state index in [4.69, 9.17) is 20.4 Å². The molecule has 0 radical (unpaired) electrons. The molecule has 0 unspecified atom stereocenters. The Labute approximate surface area is 181 Å². The quantitative estimate of drug-likeness (QED) is 0.460. The highest BCUT2D eigenvalue weighted by Gasteiger charge is 2.16. The minimum absolute atomic E-state index is 0.232. The largest absolute Gasteiger partial charge is 0.404 e. The van der Waals surface area contributed by atoms with Gasteiger partial charge >= 0.3 is 0 Å². The molecule has 0 bridgehead atoms. The Morgan fingerprint density at radius 3 is 2.43 bits per heavy atom. The molecule has 6 heteroatoms. The maximum atomic E-state index is 5.90. The highest BCUT2D eigenvalue weighted by atomic mass is 16.5. The first-order chi connectivity index (χ1) is 14.5. The number of ether oxygens (including phenoxy) is 1. The molecule has 0 aliphatic carbocycles. The smallest absolute Gasteiger partial charge is 0.161 e. The summed E-state index contributed by atoms with van der Waals surface area (Å²) in [5, 5.41) is 7.03. The fourth-order valence-electron chi connectivity index (χ4n) is 3.43. The fraction of sp³-hybridized carbons (Fsp3) is 0.500. The van der Waals surface area contributed by atoms with Crippen molar-refractivity contribution in [2.24, 2.45) is 17.6 Å². The maximum absolute atomic E-state index is 5.90. The van der Waals surface area contributed by atoms with Crippen molar-refractivity contribution in [3.05, 3.63) is 54.0 Å². The molecule has 1 heterocycles. The summed E-state index contributed by atoms with van der Waals surface area (Å²) in [6.07, 6.45) is 3.63. The monoisotopic (exact) mass is 411 g/mol. The molecule has 6 nitrogen and oxygen atoms in total. The van der Waals surface area contributed by atoms with Gasteiger partial charge in [-0.1, -0.05) is 58.0 Å². The van der Waals surface area contributed by atoms with Crippen molar-refractivity contribution in [3.8, 4) is 0 Å². The van der Waals surface area contributed by atoms with Crippen LogP contribution in [0.25, 0.3) is 5.57 Å². The zero-order valence-corrected chi connectivity index (χ0v) is 19.0. The molecular weight excluding hydrogens is 374 g/mol. The van der Waals surface area contributed by atoms with Crippen LogP contribution in [0.2, 0.25) is 0 Å². The fourth-order valence-corrected chi connectivity index (χ4v) is 3.43. The van der Waals surface area contributed by atoms with Gasteiger partial charge in [-0.3, -0.25) is 0 Å². The highest BCUT2D eigenvalue weighted by molar-refractivity contribution is 5.64. The van der Waals surface area contributed by atoms with E-state index in [1.807, 2.05) is 24.3 Å². The third-order valence-corrected chi connectivity index (χ3v) is 5.09. The molecular formula is C24H37N5O. The van der Waals surface area contributed by atoms with Gasteiger partial charge in [0.25, 0.3) is 0 Å². The maximum Gasteiger partial charge on any atom is 0.161 e. The van der Waals surface area contributed by atoms with Crippen LogP contribution in [0.4, 0.5) is 11.6 Å². The van der Waals surface area contributed by atoms with E-state index in [1.165, 1.54) is 5.56 Å². The van der Waals surface area contributed by atoms with Crippen molar-refractivity contribution >= 4 is 17.2 Å². The standard InChI is InChI=1S/C24H37N5O/c1-6-20(12-18(4)16-30-5)27-23-13-22(26-15-19-10-8-7-9-11-19)28-24(29-23)21(14-25)17(2)3/h7-11,13-14,17-18,20H,6,12,15-16,25H2,1-5H3,(H2,26,27,28,29)/t18-,20+/m1/s1. The second kappa shape index (κ2) is 12.2. The van der Waals surface area contributed by atoms with Crippen molar-refractivity contribution in [1.82, 2.24) is 9.97 Å². The zero-order valence-electron chi connectivity index (χ0n) is 19.0. The molecule has 2 aromatic rings. The molecule has 0 aliphatic heterocycles. The number of nitrogens with one attached hydrogen (secondary N) is 2. The molecule has 1 aromatic carbocycles. The zero-order chi connectivity index (χ0) is 21.9. The van der Waals surface area contributed by atoms with Gasteiger partial charge in [0.15, 0.2) is 5.82 Å². The predicted molar refractivity (Wildman–Crippen MR) is 126 cm³/mol. The Bertz CT molecular complexity index is 791. The van der Waals surface area contributed by atoms with Gasteiger partial charge in [-0.25, -0.2) is 9.97 Å². The van der Waals surface area contributed by atoms with E-state index in [0.717, 1.165) is 36.7 Å². The number of anilines is 2. The Balaban J connectivity index is 2.26. The van der Waals surface area contributed by atoms with E-state index in [9.17, 15) is 0 Å². The Kier molecular flexibility index (Phi) is 9.61.